The summed E-state index contributed by atoms with van der Waals surface area (Å²) in [6.45, 7) is 2.00. The second-order valence-corrected chi connectivity index (χ2v) is 7.57. The molecule has 1 aliphatic heterocycles. The Morgan fingerprint density at radius 1 is 1.50 bits per heavy atom. The van der Waals surface area contributed by atoms with Gasteiger partial charge in [-0.2, -0.15) is 0 Å². The first-order valence-electron chi connectivity index (χ1n) is 7.20. The second kappa shape index (κ2) is 8.70. The molecule has 1 atom stereocenters. The summed E-state index contributed by atoms with van der Waals surface area (Å²) in [7, 11) is -0.0295. The predicted octanol–water partition coefficient (Wildman–Crippen LogP) is 0.845. The maximum atomic E-state index is 11.5. The van der Waals surface area contributed by atoms with Crippen LogP contribution in [-0.2, 0) is 21.1 Å². The normalized spacial score (nSPS) is 19.5. The fourth-order valence-electron chi connectivity index (χ4n) is 2.41. The summed E-state index contributed by atoms with van der Waals surface area (Å²) in [6, 6.07) is 1.47. The fourth-order valence-corrected chi connectivity index (χ4v) is 4.08. The van der Waals surface area contributed by atoms with Gasteiger partial charge in [-0.1, -0.05) is 0 Å². The van der Waals surface area contributed by atoms with Crippen LogP contribution < -0.4 is 10.6 Å². The van der Waals surface area contributed by atoms with Crippen molar-refractivity contribution in [1.82, 2.24) is 10.6 Å². The van der Waals surface area contributed by atoms with E-state index in [1.54, 1.807) is 20.0 Å². The van der Waals surface area contributed by atoms with E-state index in [0.717, 1.165) is 0 Å². The topological polar surface area (TPSA) is 110 Å². The molecule has 0 saturated carbocycles. The summed E-state index contributed by atoms with van der Waals surface area (Å²) in [5, 5.41) is 6.11. The highest BCUT2D eigenvalue weighted by Gasteiger charge is 2.28. The number of rotatable bonds is 4. The summed E-state index contributed by atoms with van der Waals surface area (Å²) in [5.41, 5.74) is 0.383. The van der Waals surface area contributed by atoms with Crippen LogP contribution in [0, 0.1) is 6.92 Å². The van der Waals surface area contributed by atoms with E-state index in [1.807, 2.05) is 0 Å². The number of hydrogen-bond donors (Lipinski definition) is 2. The first kappa shape index (κ1) is 20.7. The number of carbonyl (C=O) groups is 1. The lowest BCUT2D eigenvalue weighted by atomic mass is 10.2. The van der Waals surface area contributed by atoms with Crippen molar-refractivity contribution < 1.29 is 22.4 Å². The Bertz CT molecular complexity index is 714. The first-order valence-corrected chi connectivity index (χ1v) is 9.02. The predicted molar refractivity (Wildman–Crippen MR) is 101 cm³/mol. The molecular weight excluding hydrogens is 449 g/mol. The van der Waals surface area contributed by atoms with Gasteiger partial charge in [0.05, 0.1) is 25.2 Å². The average Bonchev–Trinajstić information content (AvgIpc) is 3.04. The summed E-state index contributed by atoms with van der Waals surface area (Å²) in [4.78, 5) is 15.6. The van der Waals surface area contributed by atoms with Crippen LogP contribution in [0.2, 0.25) is 0 Å². The van der Waals surface area contributed by atoms with Crippen LogP contribution in [-0.4, -0.2) is 52.1 Å². The minimum atomic E-state index is -2.95. The van der Waals surface area contributed by atoms with E-state index in [0.29, 0.717) is 36.0 Å². The van der Waals surface area contributed by atoms with Gasteiger partial charge < -0.3 is 19.8 Å². The molecule has 0 spiro atoms. The SMILES string of the molecule is CN=C(NCc1cc(C(=O)OC)c(C)o1)NC1CCS(=O)(=O)C1.I. The number of ether oxygens (including phenoxy) is 1. The molecule has 24 heavy (non-hydrogen) atoms. The monoisotopic (exact) mass is 471 g/mol. The van der Waals surface area contributed by atoms with Crippen molar-refractivity contribution in [1.29, 1.82) is 0 Å². The third-order valence-corrected chi connectivity index (χ3v) is 5.37. The van der Waals surface area contributed by atoms with Gasteiger partial charge >= 0.3 is 5.97 Å². The Morgan fingerprint density at radius 2 is 2.21 bits per heavy atom. The lowest BCUT2D eigenvalue weighted by Crippen LogP contribution is -2.43. The number of halogens is 1. The van der Waals surface area contributed by atoms with Crippen molar-refractivity contribution >= 4 is 45.7 Å². The van der Waals surface area contributed by atoms with Crippen molar-refractivity contribution in [3.63, 3.8) is 0 Å². The zero-order chi connectivity index (χ0) is 17.0. The van der Waals surface area contributed by atoms with Gasteiger partial charge in [0.1, 0.15) is 17.1 Å². The van der Waals surface area contributed by atoms with Gasteiger partial charge in [0.25, 0.3) is 0 Å². The van der Waals surface area contributed by atoms with Crippen molar-refractivity contribution in [2.75, 3.05) is 25.7 Å². The molecule has 2 N–H and O–H groups in total. The van der Waals surface area contributed by atoms with Crippen molar-refractivity contribution in [2.45, 2.75) is 25.9 Å². The van der Waals surface area contributed by atoms with Crippen molar-refractivity contribution in [2.24, 2.45) is 4.99 Å². The fraction of sp³-hybridized carbons (Fsp3) is 0.571. The van der Waals surface area contributed by atoms with Gasteiger partial charge in [-0.3, -0.25) is 4.99 Å². The lowest BCUT2D eigenvalue weighted by Gasteiger charge is -2.15. The number of sulfone groups is 1. The minimum absolute atomic E-state index is 0. The first-order chi connectivity index (χ1) is 10.8. The van der Waals surface area contributed by atoms with E-state index in [-0.39, 0.29) is 41.5 Å². The van der Waals surface area contributed by atoms with Crippen LogP contribution >= 0.6 is 24.0 Å². The zero-order valence-electron chi connectivity index (χ0n) is 13.8. The molecule has 1 saturated heterocycles. The molecule has 1 fully saturated rings. The Labute approximate surface area is 158 Å². The van der Waals surface area contributed by atoms with Crippen molar-refractivity contribution in [3.05, 3.63) is 23.2 Å². The maximum absolute atomic E-state index is 11.5. The number of aliphatic imine (C=N–C) groups is 1. The summed E-state index contributed by atoms with van der Waals surface area (Å²) >= 11 is 0. The highest BCUT2D eigenvalue weighted by atomic mass is 127. The standard InChI is InChI=1S/C14H21N3O5S.HI/c1-9-12(13(18)21-3)6-11(22-9)7-16-14(15-2)17-10-4-5-23(19,20)8-10;/h6,10H,4-5,7-8H2,1-3H3,(H2,15,16,17);1H. The number of hydrogen-bond acceptors (Lipinski definition) is 6. The van der Waals surface area contributed by atoms with Gasteiger partial charge in [-0.05, 0) is 19.4 Å². The highest BCUT2D eigenvalue weighted by Crippen LogP contribution is 2.15. The molecule has 8 nitrogen and oxygen atoms in total. The molecule has 1 aliphatic rings. The zero-order valence-corrected chi connectivity index (χ0v) is 16.9. The Morgan fingerprint density at radius 3 is 2.75 bits per heavy atom. The largest absolute Gasteiger partial charge is 0.465 e. The summed E-state index contributed by atoms with van der Waals surface area (Å²) < 4.78 is 33.1. The average molecular weight is 471 g/mol. The minimum Gasteiger partial charge on any atom is -0.465 e. The molecule has 10 heteroatoms. The van der Waals surface area contributed by atoms with Gasteiger partial charge in [0, 0.05) is 13.1 Å². The summed E-state index contributed by atoms with van der Waals surface area (Å²) in [5.74, 6) is 1.39. The van der Waals surface area contributed by atoms with E-state index in [4.69, 9.17) is 4.42 Å². The molecule has 0 aliphatic carbocycles. The van der Waals surface area contributed by atoms with Crippen LogP contribution in [0.3, 0.4) is 0 Å². The Kier molecular flexibility index (Phi) is 7.52. The summed E-state index contributed by atoms with van der Waals surface area (Å²) in [6.07, 6.45) is 0.565. The van der Waals surface area contributed by atoms with Crippen LogP contribution in [0.15, 0.2) is 15.5 Å². The number of nitrogens with one attached hydrogen (secondary N) is 2. The lowest BCUT2D eigenvalue weighted by molar-refractivity contribution is 0.0599. The number of aryl methyl sites for hydroxylation is 1. The van der Waals surface area contributed by atoms with E-state index in [9.17, 15) is 13.2 Å². The molecule has 0 bridgehead atoms. The smallest absolute Gasteiger partial charge is 0.341 e. The Balaban J connectivity index is 0.00000288. The van der Waals surface area contributed by atoms with Gasteiger partial charge in [-0.25, -0.2) is 13.2 Å². The number of guanidine groups is 1. The van der Waals surface area contributed by atoms with E-state index in [2.05, 4.69) is 20.4 Å². The molecule has 0 radical (unpaired) electrons. The molecule has 1 aromatic heterocycles. The third kappa shape index (κ3) is 5.36. The molecule has 136 valence electrons. The van der Waals surface area contributed by atoms with Crippen LogP contribution in [0.1, 0.15) is 28.3 Å². The van der Waals surface area contributed by atoms with Gasteiger partial charge in [-0.15, -0.1) is 24.0 Å². The third-order valence-electron chi connectivity index (χ3n) is 3.60. The van der Waals surface area contributed by atoms with Gasteiger partial charge in [0.15, 0.2) is 15.8 Å². The molecule has 1 unspecified atom stereocenters. The molecular formula is C14H22IN3O5S. The molecule has 2 heterocycles. The molecule has 1 aromatic rings. The van der Waals surface area contributed by atoms with Crippen LogP contribution in [0.5, 0.6) is 0 Å². The van der Waals surface area contributed by atoms with Crippen LogP contribution in [0.25, 0.3) is 0 Å². The van der Waals surface area contributed by atoms with E-state index in [1.165, 1.54) is 7.11 Å². The van der Waals surface area contributed by atoms with Crippen molar-refractivity contribution in [3.8, 4) is 0 Å². The van der Waals surface area contributed by atoms with E-state index < -0.39 is 15.8 Å². The quantitative estimate of drug-likeness (QED) is 0.290. The number of methoxy groups -OCH3 is 1. The molecule has 0 amide bonds. The van der Waals surface area contributed by atoms with Gasteiger partial charge in [0.2, 0.25) is 0 Å². The van der Waals surface area contributed by atoms with Crippen LogP contribution in [0.4, 0.5) is 0 Å². The number of carbonyl (C=O) groups excluding carboxylic acids is 1. The van der Waals surface area contributed by atoms with E-state index >= 15 is 0 Å². The molecule has 2 rings (SSSR count). The number of furan rings is 1. The maximum Gasteiger partial charge on any atom is 0.341 e. The number of nitrogens with zero attached hydrogens (tertiary/aromatic N) is 1. The number of esters is 1. The Hall–Kier alpha value is -1.30. The molecule has 0 aromatic carbocycles. The second-order valence-electron chi connectivity index (χ2n) is 5.34. The highest BCUT2D eigenvalue weighted by molar-refractivity contribution is 14.0.